The second kappa shape index (κ2) is 4.80. The summed E-state index contributed by atoms with van der Waals surface area (Å²) in [6, 6.07) is 6.24. The number of hydrogen-bond donors (Lipinski definition) is 0. The van der Waals surface area contributed by atoms with Gasteiger partial charge in [-0.05, 0) is 26.1 Å². The van der Waals surface area contributed by atoms with E-state index in [9.17, 15) is 13.2 Å². The molecule has 1 aromatic rings. The molecule has 2 nitrogen and oxygen atoms in total. The van der Waals surface area contributed by atoms with Crippen molar-refractivity contribution in [3.63, 3.8) is 0 Å². The molecule has 0 spiro atoms. The van der Waals surface area contributed by atoms with Gasteiger partial charge in [0.2, 0.25) is 0 Å². The van der Waals surface area contributed by atoms with Crippen LogP contribution in [0.2, 0.25) is 0 Å². The van der Waals surface area contributed by atoms with Crippen molar-refractivity contribution in [1.29, 1.82) is 0 Å². The van der Waals surface area contributed by atoms with Gasteiger partial charge in [-0.25, -0.2) is 0 Å². The fourth-order valence-corrected chi connectivity index (χ4v) is 2.22. The first-order chi connectivity index (χ1) is 8.38. The van der Waals surface area contributed by atoms with Crippen molar-refractivity contribution in [2.45, 2.75) is 19.1 Å². The highest BCUT2D eigenvalue weighted by molar-refractivity contribution is 5.48. The van der Waals surface area contributed by atoms with Gasteiger partial charge in [0, 0.05) is 25.3 Å². The third-order valence-electron chi connectivity index (χ3n) is 3.42. The van der Waals surface area contributed by atoms with Gasteiger partial charge in [0.05, 0.1) is 0 Å². The lowest BCUT2D eigenvalue weighted by Crippen LogP contribution is -2.57. The minimum Gasteiger partial charge on any atom is -0.368 e. The van der Waals surface area contributed by atoms with Gasteiger partial charge >= 0.3 is 6.18 Å². The van der Waals surface area contributed by atoms with Crippen LogP contribution in [-0.2, 0) is 0 Å². The first kappa shape index (κ1) is 13.2. The molecule has 0 bridgehead atoms. The molecule has 0 amide bonds. The second-order valence-corrected chi connectivity index (χ2v) is 4.82. The Bertz CT molecular complexity index is 400. The van der Waals surface area contributed by atoms with E-state index in [0.29, 0.717) is 13.1 Å². The number of piperazine rings is 1. The van der Waals surface area contributed by atoms with E-state index < -0.39 is 12.2 Å². The quantitative estimate of drug-likeness (QED) is 0.764. The van der Waals surface area contributed by atoms with Gasteiger partial charge in [0.15, 0.2) is 0 Å². The van der Waals surface area contributed by atoms with E-state index in [0.717, 1.165) is 11.3 Å². The van der Waals surface area contributed by atoms with Crippen LogP contribution in [0.5, 0.6) is 0 Å². The van der Waals surface area contributed by atoms with E-state index in [2.05, 4.69) is 0 Å². The predicted octanol–water partition coefficient (Wildman–Crippen LogP) is 2.68. The average molecular weight is 258 g/mol. The van der Waals surface area contributed by atoms with E-state index in [-0.39, 0.29) is 6.54 Å². The third kappa shape index (κ3) is 2.77. The Morgan fingerprint density at radius 3 is 2.28 bits per heavy atom. The largest absolute Gasteiger partial charge is 0.405 e. The molecule has 5 heteroatoms. The third-order valence-corrected chi connectivity index (χ3v) is 3.42. The molecule has 1 aliphatic rings. The molecule has 18 heavy (non-hydrogen) atoms. The Hall–Kier alpha value is -1.23. The summed E-state index contributed by atoms with van der Waals surface area (Å²) in [6.07, 6.45) is -4.17. The summed E-state index contributed by atoms with van der Waals surface area (Å²) < 4.78 is 38.6. The Morgan fingerprint density at radius 2 is 1.72 bits per heavy atom. The Labute approximate surface area is 105 Å². The number of benzene rings is 1. The Kier molecular flexibility index (Phi) is 3.52. The van der Waals surface area contributed by atoms with Gasteiger partial charge in [0.25, 0.3) is 0 Å². The molecule has 1 fully saturated rings. The number of likely N-dealkylation sites (N-methyl/N-ethyl adjacent to an activating group) is 1. The molecule has 2 rings (SSSR count). The summed E-state index contributed by atoms with van der Waals surface area (Å²) >= 11 is 0. The van der Waals surface area contributed by atoms with Crippen molar-refractivity contribution < 1.29 is 13.2 Å². The van der Waals surface area contributed by atoms with Crippen molar-refractivity contribution in [2.24, 2.45) is 0 Å². The maximum absolute atomic E-state index is 12.9. The van der Waals surface area contributed by atoms with Crippen molar-refractivity contribution >= 4 is 5.69 Å². The van der Waals surface area contributed by atoms with E-state index in [1.165, 1.54) is 11.9 Å². The lowest BCUT2D eigenvalue weighted by molar-refractivity contribution is -0.180. The first-order valence-electron chi connectivity index (χ1n) is 5.96. The zero-order chi connectivity index (χ0) is 13.3. The van der Waals surface area contributed by atoms with Crippen LogP contribution in [0.3, 0.4) is 0 Å². The highest BCUT2D eigenvalue weighted by atomic mass is 19.4. The minimum atomic E-state index is -4.17. The number of rotatable bonds is 1. The molecule has 1 heterocycles. The molecule has 0 N–H and O–H groups in total. The van der Waals surface area contributed by atoms with Crippen LogP contribution in [0.4, 0.5) is 18.9 Å². The number of nitrogens with zero attached hydrogens (tertiary/aromatic N) is 2. The lowest BCUT2D eigenvalue weighted by Gasteiger charge is -2.41. The zero-order valence-electron chi connectivity index (χ0n) is 10.5. The summed E-state index contributed by atoms with van der Waals surface area (Å²) in [6.45, 7) is 3.03. The molecule has 1 aromatic carbocycles. The summed E-state index contributed by atoms with van der Waals surface area (Å²) in [5.74, 6) is 0. The standard InChI is InChI=1S/C13H17F3N2/c1-10-3-5-11(6-4-10)18-8-7-17(2)12(9-18)13(14,15)16/h3-6,12H,7-9H2,1-2H3/t12-/m0/s1. The molecule has 1 atom stereocenters. The highest BCUT2D eigenvalue weighted by Gasteiger charge is 2.45. The summed E-state index contributed by atoms with van der Waals surface area (Å²) in [5.41, 5.74) is 1.98. The lowest BCUT2D eigenvalue weighted by atomic mass is 10.1. The SMILES string of the molecule is Cc1ccc(N2CCN(C)[C@H](C(F)(F)F)C2)cc1. The molecule has 1 aliphatic heterocycles. The Morgan fingerprint density at radius 1 is 1.11 bits per heavy atom. The maximum Gasteiger partial charge on any atom is 0.405 e. The maximum atomic E-state index is 12.9. The second-order valence-electron chi connectivity index (χ2n) is 4.82. The number of halogens is 3. The monoisotopic (exact) mass is 258 g/mol. The van der Waals surface area contributed by atoms with Crippen molar-refractivity contribution in [2.75, 3.05) is 31.6 Å². The normalized spacial score (nSPS) is 22.3. The average Bonchev–Trinajstić information content (AvgIpc) is 2.29. The van der Waals surface area contributed by atoms with Crippen LogP contribution in [0, 0.1) is 6.92 Å². The minimum absolute atomic E-state index is 0.00304. The van der Waals surface area contributed by atoms with Crippen molar-refractivity contribution in [3.05, 3.63) is 29.8 Å². The van der Waals surface area contributed by atoms with Gasteiger partial charge in [-0.2, -0.15) is 13.2 Å². The highest BCUT2D eigenvalue weighted by Crippen LogP contribution is 2.29. The van der Waals surface area contributed by atoms with Gasteiger partial charge in [-0.15, -0.1) is 0 Å². The number of hydrogen-bond acceptors (Lipinski definition) is 2. The zero-order valence-corrected chi connectivity index (χ0v) is 10.5. The van der Waals surface area contributed by atoms with Crippen LogP contribution in [0.25, 0.3) is 0 Å². The Balaban J connectivity index is 2.14. The fraction of sp³-hybridized carbons (Fsp3) is 0.538. The molecule has 0 saturated carbocycles. The van der Waals surface area contributed by atoms with Gasteiger partial charge in [0.1, 0.15) is 6.04 Å². The molecule has 0 aromatic heterocycles. The van der Waals surface area contributed by atoms with E-state index in [1.54, 1.807) is 4.90 Å². The number of anilines is 1. The van der Waals surface area contributed by atoms with E-state index in [1.807, 2.05) is 31.2 Å². The van der Waals surface area contributed by atoms with Crippen molar-refractivity contribution in [1.82, 2.24) is 4.90 Å². The van der Waals surface area contributed by atoms with Crippen LogP contribution >= 0.6 is 0 Å². The number of aryl methyl sites for hydroxylation is 1. The molecule has 0 unspecified atom stereocenters. The van der Waals surface area contributed by atoms with E-state index in [4.69, 9.17) is 0 Å². The van der Waals surface area contributed by atoms with Gasteiger partial charge in [-0.1, -0.05) is 17.7 Å². The topological polar surface area (TPSA) is 6.48 Å². The first-order valence-corrected chi connectivity index (χ1v) is 5.96. The van der Waals surface area contributed by atoms with Gasteiger partial charge in [-0.3, -0.25) is 4.90 Å². The molecular weight excluding hydrogens is 241 g/mol. The van der Waals surface area contributed by atoms with Crippen molar-refractivity contribution in [3.8, 4) is 0 Å². The smallest absolute Gasteiger partial charge is 0.368 e. The molecule has 0 radical (unpaired) electrons. The molecule has 1 saturated heterocycles. The molecule has 0 aliphatic carbocycles. The van der Waals surface area contributed by atoms with Crippen LogP contribution in [-0.4, -0.2) is 43.8 Å². The summed E-state index contributed by atoms with van der Waals surface area (Å²) in [5, 5.41) is 0. The van der Waals surface area contributed by atoms with Crippen LogP contribution in [0.1, 0.15) is 5.56 Å². The summed E-state index contributed by atoms with van der Waals surface area (Å²) in [7, 11) is 1.53. The predicted molar refractivity (Wildman–Crippen MR) is 65.9 cm³/mol. The fourth-order valence-electron chi connectivity index (χ4n) is 2.22. The molecule has 100 valence electrons. The van der Waals surface area contributed by atoms with E-state index >= 15 is 0 Å². The number of alkyl halides is 3. The van der Waals surface area contributed by atoms with Crippen LogP contribution in [0.15, 0.2) is 24.3 Å². The van der Waals surface area contributed by atoms with Crippen LogP contribution < -0.4 is 4.90 Å². The summed E-state index contributed by atoms with van der Waals surface area (Å²) in [4.78, 5) is 3.18. The van der Waals surface area contributed by atoms with Gasteiger partial charge < -0.3 is 4.90 Å². The molecular formula is C13H17F3N2.